The van der Waals surface area contributed by atoms with Gasteiger partial charge in [0.1, 0.15) is 18.3 Å². The van der Waals surface area contributed by atoms with E-state index in [1.54, 1.807) is 0 Å². The molecule has 0 aliphatic heterocycles. The van der Waals surface area contributed by atoms with Crippen LogP contribution in [0.4, 0.5) is 0 Å². The monoisotopic (exact) mass is 522 g/mol. The molecule has 0 spiro atoms. The number of carbonyl (C=O) groups excluding carboxylic acids is 1. The van der Waals surface area contributed by atoms with E-state index in [9.17, 15) is 15.0 Å². The van der Waals surface area contributed by atoms with Crippen LogP contribution in [0.2, 0.25) is 0 Å². The van der Waals surface area contributed by atoms with Crippen LogP contribution in [0, 0.1) is 5.92 Å². The molecule has 0 aliphatic rings. The first-order chi connectivity index (χ1) is 18.5. The third kappa shape index (κ3) is 9.67. The molecule has 0 bridgehead atoms. The van der Waals surface area contributed by atoms with E-state index in [4.69, 9.17) is 18.9 Å². The second kappa shape index (κ2) is 16.0. The summed E-state index contributed by atoms with van der Waals surface area (Å²) < 4.78 is 24.2. The third-order valence-electron chi connectivity index (χ3n) is 6.14. The lowest BCUT2D eigenvalue weighted by Gasteiger charge is -2.37. The molecule has 0 heterocycles. The van der Waals surface area contributed by atoms with Gasteiger partial charge in [0.25, 0.3) is 0 Å². The molecule has 0 aromatic heterocycles. The minimum atomic E-state index is -1.30. The Morgan fingerprint density at radius 3 is 1.61 bits per heavy atom. The van der Waals surface area contributed by atoms with Gasteiger partial charge in [-0.25, -0.2) is 0 Å². The smallest absolute Gasteiger partial charge is 0.303 e. The molecule has 3 aromatic rings. The zero-order chi connectivity index (χ0) is 27.2. The molecule has 0 amide bonds. The van der Waals surface area contributed by atoms with Gasteiger partial charge in [0.05, 0.1) is 33.0 Å². The predicted octanol–water partition coefficient (Wildman–Crippen LogP) is 4.30. The van der Waals surface area contributed by atoms with Crippen molar-refractivity contribution in [2.75, 3.05) is 13.2 Å². The minimum Gasteiger partial charge on any atom is -0.457 e. The highest BCUT2D eigenvalue weighted by molar-refractivity contribution is 5.66. The van der Waals surface area contributed by atoms with Gasteiger partial charge in [-0.1, -0.05) is 97.9 Å². The van der Waals surface area contributed by atoms with Gasteiger partial charge < -0.3 is 29.2 Å². The number of hydrogen-bond donors (Lipinski definition) is 2. The van der Waals surface area contributed by atoms with Crippen molar-refractivity contribution in [3.63, 3.8) is 0 Å². The SMILES string of the molecule is CC(=O)OC(C(OCc1ccccc1)C(C)COCc1ccccc1)C(OCc1ccccc1)C(O)CO. The van der Waals surface area contributed by atoms with E-state index >= 15 is 0 Å². The highest BCUT2D eigenvalue weighted by Crippen LogP contribution is 2.25. The van der Waals surface area contributed by atoms with Gasteiger partial charge in [-0.05, 0) is 16.7 Å². The molecule has 7 heteroatoms. The van der Waals surface area contributed by atoms with Crippen molar-refractivity contribution in [1.29, 1.82) is 0 Å². The Hall–Kier alpha value is -3.07. The maximum absolute atomic E-state index is 12.2. The average molecular weight is 523 g/mol. The first-order valence-electron chi connectivity index (χ1n) is 12.9. The second-order valence-corrected chi connectivity index (χ2v) is 9.32. The summed E-state index contributed by atoms with van der Waals surface area (Å²) in [5, 5.41) is 20.6. The highest BCUT2D eigenvalue weighted by atomic mass is 16.6. The van der Waals surface area contributed by atoms with Crippen molar-refractivity contribution in [2.24, 2.45) is 5.92 Å². The Kier molecular flexibility index (Phi) is 12.4. The topological polar surface area (TPSA) is 94.5 Å². The molecule has 7 nitrogen and oxygen atoms in total. The van der Waals surface area contributed by atoms with Crippen LogP contribution in [0.15, 0.2) is 91.0 Å². The number of esters is 1. The van der Waals surface area contributed by atoms with Crippen LogP contribution in [0.3, 0.4) is 0 Å². The van der Waals surface area contributed by atoms with Crippen LogP contribution in [0.1, 0.15) is 30.5 Å². The normalized spacial score (nSPS) is 15.3. The number of benzene rings is 3. The Balaban J connectivity index is 1.82. The van der Waals surface area contributed by atoms with E-state index in [2.05, 4.69) is 0 Å². The van der Waals surface area contributed by atoms with Gasteiger partial charge in [-0.2, -0.15) is 0 Å². The molecular formula is C31H38O7. The quantitative estimate of drug-likeness (QED) is 0.271. The van der Waals surface area contributed by atoms with E-state index in [1.165, 1.54) is 6.92 Å². The van der Waals surface area contributed by atoms with Crippen molar-refractivity contribution >= 4 is 5.97 Å². The van der Waals surface area contributed by atoms with Crippen LogP contribution in [0.25, 0.3) is 0 Å². The molecular weight excluding hydrogens is 484 g/mol. The van der Waals surface area contributed by atoms with Crippen molar-refractivity contribution in [2.45, 2.75) is 58.1 Å². The summed E-state index contributed by atoms with van der Waals surface area (Å²) in [6, 6.07) is 29.0. The number of carbonyl (C=O) groups is 1. The molecule has 0 radical (unpaired) electrons. The molecule has 5 unspecified atom stereocenters. The average Bonchev–Trinajstić information content (AvgIpc) is 2.94. The van der Waals surface area contributed by atoms with Gasteiger partial charge in [0, 0.05) is 12.8 Å². The summed E-state index contributed by atoms with van der Waals surface area (Å²) in [6.07, 6.45) is -4.04. The Morgan fingerprint density at radius 2 is 1.16 bits per heavy atom. The molecule has 38 heavy (non-hydrogen) atoms. The molecule has 0 saturated carbocycles. The summed E-state index contributed by atoms with van der Waals surface area (Å²) in [4.78, 5) is 12.2. The zero-order valence-electron chi connectivity index (χ0n) is 22.0. The van der Waals surface area contributed by atoms with Crippen LogP contribution in [-0.2, 0) is 43.6 Å². The van der Waals surface area contributed by atoms with Crippen LogP contribution < -0.4 is 0 Å². The first-order valence-corrected chi connectivity index (χ1v) is 12.9. The Morgan fingerprint density at radius 1 is 0.711 bits per heavy atom. The predicted molar refractivity (Wildman–Crippen MR) is 144 cm³/mol. The number of aliphatic hydroxyl groups excluding tert-OH is 2. The van der Waals surface area contributed by atoms with Crippen molar-refractivity contribution in [3.8, 4) is 0 Å². The third-order valence-corrected chi connectivity index (χ3v) is 6.14. The number of aliphatic hydroxyl groups is 2. The van der Waals surface area contributed by atoms with E-state index < -0.39 is 37.0 Å². The zero-order valence-corrected chi connectivity index (χ0v) is 22.0. The molecule has 0 fully saturated rings. The summed E-state index contributed by atoms with van der Waals surface area (Å²) in [6.45, 7) is 3.82. The standard InChI is InChI=1S/C31H38O7/c1-23(19-35-20-25-12-6-3-7-13-25)29(36-21-26-14-8-4-9-15-26)31(38-24(2)33)30(28(34)18-32)37-22-27-16-10-5-11-17-27/h3-17,23,28-32,34H,18-22H2,1-2H3. The highest BCUT2D eigenvalue weighted by Gasteiger charge is 2.41. The fourth-order valence-electron chi connectivity index (χ4n) is 4.19. The van der Waals surface area contributed by atoms with Crippen LogP contribution >= 0.6 is 0 Å². The lowest BCUT2D eigenvalue weighted by Crippen LogP contribution is -2.52. The van der Waals surface area contributed by atoms with Gasteiger partial charge in [-0.15, -0.1) is 0 Å². The number of ether oxygens (including phenoxy) is 4. The molecule has 0 saturated heterocycles. The fourth-order valence-corrected chi connectivity index (χ4v) is 4.19. The van der Waals surface area contributed by atoms with Crippen molar-refractivity contribution in [3.05, 3.63) is 108 Å². The summed E-state index contributed by atoms with van der Waals surface area (Å²) >= 11 is 0. The van der Waals surface area contributed by atoms with Crippen molar-refractivity contribution < 1.29 is 34.0 Å². The maximum Gasteiger partial charge on any atom is 0.303 e. The first kappa shape index (κ1) is 29.5. The van der Waals surface area contributed by atoms with Gasteiger partial charge in [-0.3, -0.25) is 4.79 Å². The van der Waals surface area contributed by atoms with Crippen LogP contribution in [0.5, 0.6) is 0 Å². The molecule has 2 N–H and O–H groups in total. The fraction of sp³-hybridized carbons (Fsp3) is 0.387. The van der Waals surface area contributed by atoms with Gasteiger partial charge in [0.2, 0.25) is 0 Å². The Labute approximate surface area is 224 Å². The van der Waals surface area contributed by atoms with Gasteiger partial charge in [0.15, 0.2) is 6.10 Å². The molecule has 3 rings (SSSR count). The van der Waals surface area contributed by atoms with Crippen LogP contribution in [-0.4, -0.2) is 53.8 Å². The molecule has 0 aliphatic carbocycles. The van der Waals surface area contributed by atoms with E-state index in [-0.39, 0.29) is 19.1 Å². The maximum atomic E-state index is 12.2. The molecule has 5 atom stereocenters. The molecule has 204 valence electrons. The van der Waals surface area contributed by atoms with E-state index in [1.807, 2.05) is 97.9 Å². The largest absolute Gasteiger partial charge is 0.457 e. The number of rotatable bonds is 16. The van der Waals surface area contributed by atoms with Gasteiger partial charge >= 0.3 is 5.97 Å². The summed E-state index contributed by atoms with van der Waals surface area (Å²) in [5.41, 5.74) is 2.86. The van der Waals surface area contributed by atoms with E-state index in [0.717, 1.165) is 16.7 Å². The summed E-state index contributed by atoms with van der Waals surface area (Å²) in [7, 11) is 0. The second-order valence-electron chi connectivity index (χ2n) is 9.32. The Bertz CT molecular complexity index is 1050. The lowest BCUT2D eigenvalue weighted by atomic mass is 9.93. The number of hydrogen-bond acceptors (Lipinski definition) is 7. The van der Waals surface area contributed by atoms with E-state index in [0.29, 0.717) is 13.2 Å². The summed E-state index contributed by atoms with van der Waals surface area (Å²) in [5.74, 6) is -0.792. The van der Waals surface area contributed by atoms with Crippen molar-refractivity contribution in [1.82, 2.24) is 0 Å². The minimum absolute atomic E-state index is 0.157. The molecule has 3 aromatic carbocycles. The lowest BCUT2D eigenvalue weighted by molar-refractivity contribution is -0.199.